The maximum absolute atomic E-state index is 11.6. The highest BCUT2D eigenvalue weighted by atomic mass is 35.5. The third-order valence-electron chi connectivity index (χ3n) is 2.62. The number of likely N-dealkylation sites (N-methyl/N-ethyl adjacent to an activating group) is 2. The number of hydrogen-bond acceptors (Lipinski definition) is 4. The summed E-state index contributed by atoms with van der Waals surface area (Å²) < 4.78 is 0. The highest BCUT2D eigenvalue weighted by Gasteiger charge is 2.14. The highest BCUT2D eigenvalue weighted by Crippen LogP contribution is 2.26. The topological polar surface area (TPSA) is 78.7 Å². The molecule has 0 saturated carbocycles. The number of carbonyl (C=O) groups is 1. The van der Waals surface area contributed by atoms with Crippen LogP contribution < -0.4 is 5.32 Å². The number of hydrogen-bond donors (Lipinski definition) is 1. The number of nitrogens with one attached hydrogen (secondary N) is 1. The van der Waals surface area contributed by atoms with Crippen molar-refractivity contribution in [3.05, 3.63) is 33.3 Å². The normalized spacial score (nSPS) is 9.90. The molecule has 0 saturated heterocycles. The van der Waals surface area contributed by atoms with E-state index in [0.29, 0.717) is 10.7 Å². The molecule has 0 aliphatic carbocycles. The molecule has 0 atom stereocenters. The smallest absolute Gasteiger partial charge is 0.271 e. The molecule has 0 fully saturated rings. The van der Waals surface area contributed by atoms with E-state index in [-0.39, 0.29) is 23.3 Å². The molecular formula is C12H15ClN4O3S. The lowest BCUT2D eigenvalue weighted by Crippen LogP contribution is -2.39. The van der Waals surface area contributed by atoms with Gasteiger partial charge in [-0.25, -0.2) is 0 Å². The molecule has 0 spiro atoms. The van der Waals surface area contributed by atoms with Crippen LogP contribution in [0.15, 0.2) is 18.2 Å². The van der Waals surface area contributed by atoms with Gasteiger partial charge in [-0.1, -0.05) is 11.6 Å². The summed E-state index contributed by atoms with van der Waals surface area (Å²) in [5, 5.41) is 14.1. The molecule has 21 heavy (non-hydrogen) atoms. The lowest BCUT2D eigenvalue weighted by molar-refractivity contribution is -0.384. The molecule has 0 heterocycles. The van der Waals surface area contributed by atoms with Gasteiger partial charge in [-0.3, -0.25) is 14.9 Å². The van der Waals surface area contributed by atoms with Gasteiger partial charge in [0.2, 0.25) is 5.91 Å². The number of nitro groups is 1. The quantitative estimate of drug-likeness (QED) is 0.516. The summed E-state index contributed by atoms with van der Waals surface area (Å²) >= 11 is 11.1. The van der Waals surface area contributed by atoms with E-state index in [1.54, 1.807) is 21.1 Å². The zero-order valence-electron chi connectivity index (χ0n) is 11.8. The number of amides is 1. The number of nitrogens with zero attached hydrogens (tertiary/aromatic N) is 3. The van der Waals surface area contributed by atoms with Crippen molar-refractivity contribution in [1.82, 2.24) is 9.80 Å². The number of thiocarbonyl (C=S) groups is 1. The second kappa shape index (κ2) is 7.19. The number of halogens is 1. The van der Waals surface area contributed by atoms with Gasteiger partial charge >= 0.3 is 0 Å². The second-order valence-corrected chi connectivity index (χ2v) is 5.29. The van der Waals surface area contributed by atoms with E-state index < -0.39 is 4.92 Å². The first-order valence-corrected chi connectivity index (χ1v) is 6.67. The average Bonchev–Trinajstić information content (AvgIpc) is 2.40. The molecule has 0 aliphatic heterocycles. The monoisotopic (exact) mass is 330 g/mol. The summed E-state index contributed by atoms with van der Waals surface area (Å²) in [5.74, 6) is -0.119. The summed E-state index contributed by atoms with van der Waals surface area (Å²) in [6.45, 7) is 0.0887. The molecule has 0 aromatic heterocycles. The van der Waals surface area contributed by atoms with Crippen molar-refractivity contribution in [2.75, 3.05) is 33.0 Å². The maximum Gasteiger partial charge on any atom is 0.271 e. The molecule has 1 rings (SSSR count). The van der Waals surface area contributed by atoms with E-state index in [1.807, 2.05) is 0 Å². The van der Waals surface area contributed by atoms with Crippen LogP contribution >= 0.6 is 23.8 Å². The van der Waals surface area contributed by atoms with Crippen molar-refractivity contribution in [1.29, 1.82) is 0 Å². The first kappa shape index (κ1) is 17.1. The number of rotatable bonds is 4. The molecule has 7 nitrogen and oxygen atoms in total. The number of anilines is 1. The molecular weight excluding hydrogens is 316 g/mol. The first-order valence-electron chi connectivity index (χ1n) is 5.88. The van der Waals surface area contributed by atoms with Crippen molar-refractivity contribution < 1.29 is 9.72 Å². The van der Waals surface area contributed by atoms with Crippen LogP contribution in [-0.4, -0.2) is 53.4 Å². The summed E-state index contributed by atoms with van der Waals surface area (Å²) in [6.07, 6.45) is 0. The molecule has 114 valence electrons. The summed E-state index contributed by atoms with van der Waals surface area (Å²) in [5.41, 5.74) is 0.219. The third kappa shape index (κ3) is 4.83. The van der Waals surface area contributed by atoms with Crippen LogP contribution in [0.25, 0.3) is 0 Å². The fraction of sp³-hybridized carbons (Fsp3) is 0.333. The lowest BCUT2D eigenvalue weighted by atomic mass is 10.3. The molecule has 1 amide bonds. The van der Waals surface area contributed by atoms with Crippen molar-refractivity contribution >= 4 is 46.2 Å². The van der Waals surface area contributed by atoms with Crippen LogP contribution in [0.2, 0.25) is 5.02 Å². The number of non-ortho nitro benzene ring substituents is 1. The fourth-order valence-electron chi connectivity index (χ4n) is 1.35. The minimum absolute atomic E-state index is 0.0887. The molecule has 1 N–H and O–H groups in total. The van der Waals surface area contributed by atoms with Crippen LogP contribution in [0.5, 0.6) is 0 Å². The average molecular weight is 331 g/mol. The second-order valence-electron chi connectivity index (χ2n) is 4.50. The van der Waals surface area contributed by atoms with Crippen molar-refractivity contribution in [3.63, 3.8) is 0 Å². The summed E-state index contributed by atoms with van der Waals surface area (Å²) in [6, 6.07) is 4.00. The molecule has 0 aliphatic rings. The zero-order chi connectivity index (χ0) is 16.2. The Morgan fingerprint density at radius 3 is 2.57 bits per heavy atom. The van der Waals surface area contributed by atoms with E-state index in [1.165, 1.54) is 28.0 Å². The molecule has 0 bridgehead atoms. The van der Waals surface area contributed by atoms with Crippen LogP contribution in [-0.2, 0) is 4.79 Å². The summed E-state index contributed by atoms with van der Waals surface area (Å²) in [4.78, 5) is 24.8. The van der Waals surface area contributed by atoms with E-state index in [2.05, 4.69) is 5.32 Å². The third-order valence-corrected chi connectivity index (χ3v) is 3.36. The van der Waals surface area contributed by atoms with Gasteiger partial charge in [0, 0.05) is 33.3 Å². The zero-order valence-corrected chi connectivity index (χ0v) is 13.4. The van der Waals surface area contributed by atoms with Crippen molar-refractivity contribution in [2.45, 2.75) is 0 Å². The molecule has 9 heteroatoms. The highest BCUT2D eigenvalue weighted by molar-refractivity contribution is 7.80. The summed E-state index contributed by atoms with van der Waals surface area (Å²) in [7, 11) is 4.93. The predicted octanol–water partition coefficient (Wildman–Crippen LogP) is 1.96. The van der Waals surface area contributed by atoms with Crippen molar-refractivity contribution in [2.24, 2.45) is 0 Å². The van der Waals surface area contributed by atoms with Gasteiger partial charge in [-0.2, -0.15) is 0 Å². The van der Waals surface area contributed by atoms with E-state index >= 15 is 0 Å². The van der Waals surface area contributed by atoms with E-state index in [9.17, 15) is 14.9 Å². The lowest BCUT2D eigenvalue weighted by Gasteiger charge is -2.22. The van der Waals surface area contributed by atoms with Gasteiger partial charge in [0.25, 0.3) is 5.69 Å². The Bertz CT molecular complexity index is 580. The van der Waals surface area contributed by atoms with Crippen LogP contribution in [0.4, 0.5) is 11.4 Å². The molecule has 0 unspecified atom stereocenters. The van der Waals surface area contributed by atoms with Gasteiger partial charge in [0.1, 0.15) is 0 Å². The number of nitro benzene ring substituents is 1. The van der Waals surface area contributed by atoms with Gasteiger partial charge in [-0.15, -0.1) is 0 Å². The van der Waals surface area contributed by atoms with E-state index in [0.717, 1.165) is 0 Å². The van der Waals surface area contributed by atoms with Gasteiger partial charge in [0.15, 0.2) is 5.11 Å². The Balaban J connectivity index is 2.81. The minimum atomic E-state index is -0.524. The maximum atomic E-state index is 11.6. The predicted molar refractivity (Wildman–Crippen MR) is 85.7 cm³/mol. The Morgan fingerprint density at radius 2 is 2.05 bits per heavy atom. The van der Waals surface area contributed by atoms with Crippen LogP contribution in [0.3, 0.4) is 0 Å². The van der Waals surface area contributed by atoms with Gasteiger partial charge < -0.3 is 15.1 Å². The SMILES string of the molecule is CN(C)C(=O)CN(C)C(=S)Nc1cc([N+](=O)[O-])ccc1Cl. The molecule has 1 aromatic carbocycles. The number of carbonyl (C=O) groups excluding carboxylic acids is 1. The van der Waals surface area contributed by atoms with Crippen LogP contribution in [0.1, 0.15) is 0 Å². The van der Waals surface area contributed by atoms with Crippen LogP contribution in [0, 0.1) is 10.1 Å². The number of benzene rings is 1. The molecule has 1 aromatic rings. The Labute approximate surface area is 132 Å². The van der Waals surface area contributed by atoms with E-state index in [4.69, 9.17) is 23.8 Å². The van der Waals surface area contributed by atoms with Gasteiger partial charge in [-0.05, 0) is 18.3 Å². The Hall–Kier alpha value is -1.93. The van der Waals surface area contributed by atoms with Crippen molar-refractivity contribution in [3.8, 4) is 0 Å². The Kier molecular flexibility index (Phi) is 5.86. The fourth-order valence-corrected chi connectivity index (χ4v) is 1.69. The first-order chi connectivity index (χ1) is 9.72. The molecule has 0 radical (unpaired) electrons. The Morgan fingerprint density at radius 1 is 1.43 bits per heavy atom. The minimum Gasteiger partial charge on any atom is -0.347 e. The largest absolute Gasteiger partial charge is 0.347 e. The van der Waals surface area contributed by atoms with Gasteiger partial charge in [0.05, 0.1) is 22.2 Å². The standard InChI is InChI=1S/C12H15ClN4O3S/c1-15(2)11(18)7-16(3)12(21)14-10-6-8(17(19)20)4-5-9(10)13/h4-6H,7H2,1-3H3,(H,14,21).